The highest BCUT2D eigenvalue weighted by Gasteiger charge is 2.26. The van der Waals surface area contributed by atoms with Gasteiger partial charge in [0.2, 0.25) is 10.0 Å². The molecule has 0 aliphatic carbocycles. The molecule has 0 bridgehead atoms. The second kappa shape index (κ2) is 7.06. The van der Waals surface area contributed by atoms with Crippen LogP contribution in [-0.4, -0.2) is 55.5 Å². The second-order valence-corrected chi connectivity index (χ2v) is 7.32. The fourth-order valence-corrected chi connectivity index (χ4v) is 3.85. The summed E-state index contributed by atoms with van der Waals surface area (Å²) in [6, 6.07) is 3.14. The van der Waals surface area contributed by atoms with Crippen LogP contribution in [0.25, 0.3) is 0 Å². The lowest BCUT2D eigenvalue weighted by molar-refractivity contribution is -0.136. The van der Waals surface area contributed by atoms with E-state index >= 15 is 0 Å². The number of rotatable bonds is 6. The number of sulfonamides is 1. The lowest BCUT2D eigenvalue weighted by Crippen LogP contribution is -2.35. The van der Waals surface area contributed by atoms with E-state index in [4.69, 9.17) is 5.11 Å². The van der Waals surface area contributed by atoms with E-state index in [1.807, 2.05) is 0 Å². The molecule has 2 rings (SSSR count). The predicted octanol–water partition coefficient (Wildman–Crippen LogP) is 1.17. The van der Waals surface area contributed by atoms with Gasteiger partial charge in [-0.15, -0.1) is 0 Å². The molecule has 1 aromatic heterocycles. The van der Waals surface area contributed by atoms with Crippen molar-refractivity contribution in [3.63, 3.8) is 0 Å². The summed E-state index contributed by atoms with van der Waals surface area (Å²) in [5.74, 6) is -0.324. The van der Waals surface area contributed by atoms with Crippen LogP contribution in [0.5, 0.6) is 0 Å². The van der Waals surface area contributed by atoms with E-state index in [9.17, 15) is 13.2 Å². The minimum absolute atomic E-state index is 0.00596. The van der Waals surface area contributed by atoms with Crippen molar-refractivity contribution in [2.24, 2.45) is 0 Å². The SMILES string of the molecule is CN(CCC(=O)O)c1ccc(S(=O)(=O)N2CCCCC2)cn1. The van der Waals surface area contributed by atoms with E-state index in [-0.39, 0.29) is 11.3 Å². The standard InChI is InChI=1S/C14H21N3O4S/c1-16(10-7-14(18)19)13-6-5-12(11-15-13)22(20,21)17-8-3-2-4-9-17/h5-6,11H,2-4,7-10H2,1H3,(H,18,19). The average Bonchev–Trinajstić information content (AvgIpc) is 2.53. The largest absolute Gasteiger partial charge is 0.481 e. The van der Waals surface area contributed by atoms with Crippen molar-refractivity contribution in [2.75, 3.05) is 31.6 Å². The number of carbonyl (C=O) groups is 1. The van der Waals surface area contributed by atoms with Gasteiger partial charge < -0.3 is 10.0 Å². The molecular weight excluding hydrogens is 306 g/mol. The summed E-state index contributed by atoms with van der Waals surface area (Å²) in [7, 11) is -1.75. The van der Waals surface area contributed by atoms with Crippen LogP contribution < -0.4 is 4.90 Å². The third-order valence-electron chi connectivity index (χ3n) is 3.73. The van der Waals surface area contributed by atoms with Crippen molar-refractivity contribution in [1.82, 2.24) is 9.29 Å². The highest BCUT2D eigenvalue weighted by atomic mass is 32.2. The summed E-state index contributed by atoms with van der Waals surface area (Å²) in [6.07, 6.45) is 4.20. The Morgan fingerprint density at radius 3 is 2.55 bits per heavy atom. The molecule has 0 amide bonds. The van der Waals surface area contributed by atoms with Gasteiger partial charge in [-0.25, -0.2) is 13.4 Å². The van der Waals surface area contributed by atoms with Crippen molar-refractivity contribution in [3.05, 3.63) is 18.3 Å². The Labute approximate surface area is 130 Å². The van der Waals surface area contributed by atoms with E-state index in [1.165, 1.54) is 16.6 Å². The number of pyridine rings is 1. The summed E-state index contributed by atoms with van der Waals surface area (Å²) in [5, 5.41) is 8.67. The molecule has 1 saturated heterocycles. The van der Waals surface area contributed by atoms with Crippen molar-refractivity contribution in [3.8, 4) is 0 Å². The summed E-state index contributed by atoms with van der Waals surface area (Å²) in [4.78, 5) is 16.6. The van der Waals surface area contributed by atoms with Gasteiger partial charge in [0, 0.05) is 32.9 Å². The first kappa shape index (κ1) is 16.7. The topological polar surface area (TPSA) is 90.8 Å². The quantitative estimate of drug-likeness (QED) is 0.843. The third kappa shape index (κ3) is 3.95. The van der Waals surface area contributed by atoms with Gasteiger partial charge in [0.25, 0.3) is 0 Å². The van der Waals surface area contributed by atoms with E-state index in [0.717, 1.165) is 19.3 Å². The highest BCUT2D eigenvalue weighted by Crippen LogP contribution is 2.21. The van der Waals surface area contributed by atoms with Crippen LogP contribution in [0.3, 0.4) is 0 Å². The maximum atomic E-state index is 12.5. The number of hydrogen-bond acceptors (Lipinski definition) is 5. The van der Waals surface area contributed by atoms with Gasteiger partial charge in [0.15, 0.2) is 0 Å². The van der Waals surface area contributed by atoms with Crippen molar-refractivity contribution < 1.29 is 18.3 Å². The van der Waals surface area contributed by atoms with Gasteiger partial charge in [-0.05, 0) is 25.0 Å². The van der Waals surface area contributed by atoms with Gasteiger partial charge in [-0.1, -0.05) is 6.42 Å². The molecule has 7 nitrogen and oxygen atoms in total. The van der Waals surface area contributed by atoms with Gasteiger partial charge >= 0.3 is 5.97 Å². The van der Waals surface area contributed by atoms with E-state index < -0.39 is 16.0 Å². The summed E-state index contributed by atoms with van der Waals surface area (Å²) < 4.78 is 26.5. The van der Waals surface area contributed by atoms with Gasteiger partial charge in [-0.3, -0.25) is 4.79 Å². The molecular formula is C14H21N3O4S. The molecule has 0 unspecified atom stereocenters. The second-order valence-electron chi connectivity index (χ2n) is 5.38. The molecule has 1 aromatic rings. The minimum atomic E-state index is -3.47. The molecule has 0 spiro atoms. The van der Waals surface area contributed by atoms with Crippen molar-refractivity contribution in [2.45, 2.75) is 30.6 Å². The molecule has 0 radical (unpaired) electrons. The normalized spacial score (nSPS) is 16.4. The number of hydrogen-bond donors (Lipinski definition) is 1. The van der Waals surface area contributed by atoms with Crippen LogP contribution in [0.2, 0.25) is 0 Å². The van der Waals surface area contributed by atoms with Crippen LogP contribution in [0.15, 0.2) is 23.2 Å². The van der Waals surface area contributed by atoms with Crippen LogP contribution >= 0.6 is 0 Å². The predicted molar refractivity (Wildman–Crippen MR) is 82.4 cm³/mol. The molecule has 0 saturated carbocycles. The summed E-state index contributed by atoms with van der Waals surface area (Å²) in [5.41, 5.74) is 0. The Morgan fingerprint density at radius 2 is 2.00 bits per heavy atom. The zero-order chi connectivity index (χ0) is 16.2. The monoisotopic (exact) mass is 327 g/mol. The number of carboxylic acid groups (broad SMARTS) is 1. The van der Waals surface area contributed by atoms with Crippen molar-refractivity contribution >= 4 is 21.8 Å². The summed E-state index contributed by atoms with van der Waals surface area (Å²) >= 11 is 0. The molecule has 1 aliphatic heterocycles. The Hall–Kier alpha value is -1.67. The molecule has 22 heavy (non-hydrogen) atoms. The Balaban J connectivity index is 2.09. The van der Waals surface area contributed by atoms with Crippen LogP contribution in [0.4, 0.5) is 5.82 Å². The number of aliphatic carboxylic acids is 1. The van der Waals surface area contributed by atoms with E-state index in [1.54, 1.807) is 18.0 Å². The van der Waals surface area contributed by atoms with Gasteiger partial charge in [0.1, 0.15) is 10.7 Å². The zero-order valence-electron chi connectivity index (χ0n) is 12.6. The van der Waals surface area contributed by atoms with Crippen LogP contribution in [-0.2, 0) is 14.8 Å². The van der Waals surface area contributed by atoms with Crippen LogP contribution in [0, 0.1) is 0 Å². The number of nitrogens with zero attached hydrogens (tertiary/aromatic N) is 3. The molecule has 1 N–H and O–H groups in total. The Morgan fingerprint density at radius 1 is 1.32 bits per heavy atom. The molecule has 0 aromatic carbocycles. The van der Waals surface area contributed by atoms with Crippen LogP contribution in [0.1, 0.15) is 25.7 Å². The first-order valence-electron chi connectivity index (χ1n) is 7.30. The maximum Gasteiger partial charge on any atom is 0.305 e. The molecule has 8 heteroatoms. The fourth-order valence-electron chi connectivity index (χ4n) is 2.38. The smallest absolute Gasteiger partial charge is 0.305 e. The zero-order valence-corrected chi connectivity index (χ0v) is 13.4. The Bertz CT molecular complexity index is 609. The van der Waals surface area contributed by atoms with Gasteiger partial charge in [-0.2, -0.15) is 4.31 Å². The molecule has 1 fully saturated rings. The highest BCUT2D eigenvalue weighted by molar-refractivity contribution is 7.89. The van der Waals surface area contributed by atoms with Crippen molar-refractivity contribution in [1.29, 1.82) is 0 Å². The number of anilines is 1. The first-order chi connectivity index (χ1) is 10.4. The first-order valence-corrected chi connectivity index (χ1v) is 8.74. The lowest BCUT2D eigenvalue weighted by Gasteiger charge is -2.26. The molecule has 1 aliphatic rings. The fraction of sp³-hybridized carbons (Fsp3) is 0.571. The molecule has 2 heterocycles. The van der Waals surface area contributed by atoms with E-state index in [0.29, 0.717) is 25.5 Å². The number of carboxylic acids is 1. The third-order valence-corrected chi connectivity index (χ3v) is 5.61. The maximum absolute atomic E-state index is 12.5. The molecule has 122 valence electrons. The molecule has 0 atom stereocenters. The van der Waals surface area contributed by atoms with E-state index in [2.05, 4.69) is 4.98 Å². The number of aromatic nitrogens is 1. The summed E-state index contributed by atoms with van der Waals surface area (Å²) in [6.45, 7) is 1.44. The number of piperidine rings is 1. The Kier molecular flexibility index (Phi) is 5.36. The lowest BCUT2D eigenvalue weighted by atomic mass is 10.2. The average molecular weight is 327 g/mol. The minimum Gasteiger partial charge on any atom is -0.481 e. The van der Waals surface area contributed by atoms with Gasteiger partial charge in [0.05, 0.1) is 6.42 Å².